The zero-order chi connectivity index (χ0) is 17.9. The van der Waals surface area contributed by atoms with Crippen LogP contribution in [0.15, 0.2) is 48.8 Å². The van der Waals surface area contributed by atoms with E-state index in [4.69, 9.17) is 0 Å². The van der Waals surface area contributed by atoms with Gasteiger partial charge in [0.2, 0.25) is 10.0 Å². The molecule has 0 saturated carbocycles. The van der Waals surface area contributed by atoms with Crippen LogP contribution in [0.25, 0.3) is 10.6 Å². The van der Waals surface area contributed by atoms with Crippen LogP contribution in [0.5, 0.6) is 0 Å². The molecule has 0 aliphatic heterocycles. The zero-order valence-electron chi connectivity index (χ0n) is 14.1. The molecular weight excluding hydrogens is 354 g/mol. The number of nitrogens with zero attached hydrogens (tertiary/aromatic N) is 2. The normalized spacial score (nSPS) is 11.6. The first-order valence-electron chi connectivity index (χ1n) is 7.82. The molecule has 7 heteroatoms. The molecule has 0 radical (unpaired) electrons. The number of pyridine rings is 1. The summed E-state index contributed by atoms with van der Waals surface area (Å²) in [6, 6.07) is 11.3. The van der Waals surface area contributed by atoms with Gasteiger partial charge >= 0.3 is 0 Å². The summed E-state index contributed by atoms with van der Waals surface area (Å²) in [7, 11) is -3.41. The van der Waals surface area contributed by atoms with E-state index < -0.39 is 10.0 Å². The molecular formula is C18H19N3O2S2. The van der Waals surface area contributed by atoms with Crippen molar-refractivity contribution in [1.82, 2.24) is 14.7 Å². The Morgan fingerprint density at radius 1 is 1.16 bits per heavy atom. The van der Waals surface area contributed by atoms with Crippen LogP contribution in [0, 0.1) is 13.8 Å². The van der Waals surface area contributed by atoms with E-state index in [9.17, 15) is 8.42 Å². The van der Waals surface area contributed by atoms with Crippen molar-refractivity contribution >= 4 is 21.4 Å². The maximum Gasteiger partial charge on any atom is 0.216 e. The van der Waals surface area contributed by atoms with Crippen molar-refractivity contribution in [2.75, 3.05) is 0 Å². The smallest absolute Gasteiger partial charge is 0.216 e. The van der Waals surface area contributed by atoms with Crippen molar-refractivity contribution in [3.8, 4) is 10.6 Å². The largest absolute Gasteiger partial charge is 0.264 e. The van der Waals surface area contributed by atoms with Crippen LogP contribution in [0.1, 0.15) is 21.7 Å². The fraction of sp³-hybridized carbons (Fsp3) is 0.222. The lowest BCUT2D eigenvalue weighted by molar-refractivity contribution is 0.581. The monoisotopic (exact) mass is 373 g/mol. The number of nitrogens with one attached hydrogen (secondary N) is 1. The van der Waals surface area contributed by atoms with Gasteiger partial charge in [-0.25, -0.2) is 18.1 Å². The van der Waals surface area contributed by atoms with Gasteiger partial charge in [-0.1, -0.05) is 29.8 Å². The molecule has 0 bridgehead atoms. The molecule has 2 heterocycles. The van der Waals surface area contributed by atoms with E-state index in [2.05, 4.69) is 14.7 Å². The van der Waals surface area contributed by atoms with Crippen LogP contribution in [-0.4, -0.2) is 18.4 Å². The second kappa shape index (κ2) is 7.43. The molecule has 2 aromatic heterocycles. The Morgan fingerprint density at radius 3 is 2.72 bits per heavy atom. The molecule has 0 atom stereocenters. The van der Waals surface area contributed by atoms with Crippen molar-refractivity contribution < 1.29 is 8.42 Å². The van der Waals surface area contributed by atoms with E-state index in [0.717, 1.165) is 32.3 Å². The van der Waals surface area contributed by atoms with Gasteiger partial charge in [0, 0.05) is 29.4 Å². The predicted molar refractivity (Wildman–Crippen MR) is 101 cm³/mol. The second-order valence-electron chi connectivity index (χ2n) is 5.84. The standard InChI is InChI=1S/C18H19N3O2S2/c1-13-5-3-6-15(9-13)12-25(22,23)20-11-17-14(2)21-18(24-17)16-7-4-8-19-10-16/h3-10,20H,11-12H2,1-2H3. The number of hydrogen-bond acceptors (Lipinski definition) is 5. The van der Waals surface area contributed by atoms with E-state index in [0.29, 0.717) is 0 Å². The van der Waals surface area contributed by atoms with Crippen LogP contribution < -0.4 is 4.72 Å². The Morgan fingerprint density at radius 2 is 2.00 bits per heavy atom. The van der Waals surface area contributed by atoms with Crippen molar-refractivity contribution in [3.63, 3.8) is 0 Å². The van der Waals surface area contributed by atoms with E-state index in [-0.39, 0.29) is 12.3 Å². The molecule has 0 spiro atoms. The molecule has 0 amide bonds. The second-order valence-corrected chi connectivity index (χ2v) is 8.73. The number of sulfonamides is 1. The van der Waals surface area contributed by atoms with Gasteiger partial charge in [0.05, 0.1) is 11.4 Å². The van der Waals surface area contributed by atoms with Crippen molar-refractivity contribution in [2.45, 2.75) is 26.1 Å². The van der Waals surface area contributed by atoms with Gasteiger partial charge in [-0.2, -0.15) is 0 Å². The lowest BCUT2D eigenvalue weighted by Crippen LogP contribution is -2.24. The Balaban J connectivity index is 1.70. The average molecular weight is 374 g/mol. The lowest BCUT2D eigenvalue weighted by atomic mass is 10.2. The maximum absolute atomic E-state index is 12.3. The lowest BCUT2D eigenvalue weighted by Gasteiger charge is -2.06. The minimum atomic E-state index is -3.41. The number of thiazole rings is 1. The van der Waals surface area contributed by atoms with Crippen molar-refractivity contribution in [3.05, 3.63) is 70.5 Å². The molecule has 0 aliphatic rings. The summed E-state index contributed by atoms with van der Waals surface area (Å²) < 4.78 is 27.3. The molecule has 1 N–H and O–H groups in total. The Kier molecular flexibility index (Phi) is 5.27. The quantitative estimate of drug-likeness (QED) is 0.718. The first-order chi connectivity index (χ1) is 11.9. The summed E-state index contributed by atoms with van der Waals surface area (Å²) >= 11 is 1.48. The summed E-state index contributed by atoms with van der Waals surface area (Å²) in [5, 5.41) is 0.846. The third-order valence-electron chi connectivity index (χ3n) is 3.69. The Hall–Kier alpha value is -2.09. The minimum absolute atomic E-state index is 0.0258. The summed E-state index contributed by atoms with van der Waals surface area (Å²) in [4.78, 5) is 9.52. The highest BCUT2D eigenvalue weighted by Gasteiger charge is 2.15. The van der Waals surface area contributed by atoms with Crippen LogP contribution in [0.2, 0.25) is 0 Å². The number of hydrogen-bond donors (Lipinski definition) is 1. The van der Waals surface area contributed by atoms with Crippen LogP contribution in [0.4, 0.5) is 0 Å². The molecule has 0 aliphatic carbocycles. The van der Waals surface area contributed by atoms with Gasteiger partial charge in [0.15, 0.2) is 0 Å². The molecule has 3 rings (SSSR count). The number of rotatable bonds is 6. The Bertz CT molecular complexity index is 967. The van der Waals surface area contributed by atoms with Crippen molar-refractivity contribution in [2.24, 2.45) is 0 Å². The third kappa shape index (κ3) is 4.72. The van der Waals surface area contributed by atoms with Gasteiger partial charge in [-0.15, -0.1) is 11.3 Å². The topological polar surface area (TPSA) is 72.0 Å². The van der Waals surface area contributed by atoms with Crippen molar-refractivity contribution in [1.29, 1.82) is 0 Å². The van der Waals surface area contributed by atoms with Gasteiger partial charge in [-0.05, 0) is 31.5 Å². The Labute approximate surface area is 151 Å². The average Bonchev–Trinajstić information content (AvgIpc) is 2.95. The molecule has 5 nitrogen and oxygen atoms in total. The fourth-order valence-electron chi connectivity index (χ4n) is 2.45. The molecule has 0 fully saturated rings. The fourth-order valence-corrected chi connectivity index (χ4v) is 4.62. The number of aryl methyl sites for hydroxylation is 2. The van der Waals surface area contributed by atoms with E-state index in [1.807, 2.05) is 50.2 Å². The molecule has 0 saturated heterocycles. The molecule has 3 aromatic rings. The summed E-state index contributed by atoms with van der Waals surface area (Å²) in [6.45, 7) is 4.09. The minimum Gasteiger partial charge on any atom is -0.264 e. The number of benzene rings is 1. The molecule has 0 unspecified atom stereocenters. The van der Waals surface area contributed by atoms with Gasteiger partial charge in [-0.3, -0.25) is 4.98 Å². The van der Waals surface area contributed by atoms with Crippen LogP contribution in [-0.2, 0) is 22.3 Å². The van der Waals surface area contributed by atoms with Crippen LogP contribution in [0.3, 0.4) is 0 Å². The van der Waals surface area contributed by atoms with E-state index in [1.54, 1.807) is 12.4 Å². The first-order valence-corrected chi connectivity index (χ1v) is 10.3. The van der Waals surface area contributed by atoms with E-state index in [1.165, 1.54) is 11.3 Å². The predicted octanol–water partition coefficient (Wildman–Crippen LogP) is 3.44. The zero-order valence-corrected chi connectivity index (χ0v) is 15.7. The third-order valence-corrected chi connectivity index (χ3v) is 6.20. The summed E-state index contributed by atoms with van der Waals surface area (Å²) in [5.41, 5.74) is 3.60. The first kappa shape index (κ1) is 17.7. The number of aromatic nitrogens is 2. The highest BCUT2D eigenvalue weighted by Crippen LogP contribution is 2.27. The summed E-state index contributed by atoms with van der Waals surface area (Å²) in [6.07, 6.45) is 3.47. The highest BCUT2D eigenvalue weighted by molar-refractivity contribution is 7.88. The van der Waals surface area contributed by atoms with Gasteiger partial charge in [0.25, 0.3) is 0 Å². The maximum atomic E-state index is 12.3. The van der Waals surface area contributed by atoms with Gasteiger partial charge in [0.1, 0.15) is 5.01 Å². The summed E-state index contributed by atoms with van der Waals surface area (Å²) in [5.74, 6) is -0.0258. The highest BCUT2D eigenvalue weighted by atomic mass is 32.2. The van der Waals surface area contributed by atoms with Gasteiger partial charge < -0.3 is 0 Å². The van der Waals surface area contributed by atoms with E-state index >= 15 is 0 Å². The van der Waals surface area contributed by atoms with Crippen LogP contribution >= 0.6 is 11.3 Å². The molecule has 25 heavy (non-hydrogen) atoms. The molecule has 1 aromatic carbocycles. The molecule has 130 valence electrons. The SMILES string of the molecule is Cc1cccc(CS(=O)(=O)NCc2sc(-c3cccnc3)nc2C)c1.